The third-order valence-corrected chi connectivity index (χ3v) is 3.84. The summed E-state index contributed by atoms with van der Waals surface area (Å²) in [5.41, 5.74) is 0.873. The number of hydrogen-bond donors (Lipinski definition) is 1. The van der Waals surface area contributed by atoms with Crippen molar-refractivity contribution in [2.24, 2.45) is 0 Å². The zero-order valence-electron chi connectivity index (χ0n) is 11.6. The van der Waals surface area contributed by atoms with E-state index in [1.807, 2.05) is 30.5 Å². The SMILES string of the molecule is COc1cccc(CN2C(=O)NC(CCSC)C2=O)c1. The van der Waals surface area contributed by atoms with Crippen molar-refractivity contribution < 1.29 is 14.3 Å². The Kier molecular flexibility index (Phi) is 4.89. The van der Waals surface area contributed by atoms with Gasteiger partial charge in [0.1, 0.15) is 11.8 Å². The second kappa shape index (κ2) is 6.65. The fourth-order valence-electron chi connectivity index (χ4n) is 2.11. The van der Waals surface area contributed by atoms with E-state index in [9.17, 15) is 9.59 Å². The predicted octanol–water partition coefficient (Wildman–Crippen LogP) is 1.87. The van der Waals surface area contributed by atoms with Crippen molar-refractivity contribution in [2.75, 3.05) is 19.1 Å². The number of urea groups is 1. The monoisotopic (exact) mass is 294 g/mol. The summed E-state index contributed by atoms with van der Waals surface area (Å²) in [6.45, 7) is 0.275. The second-order valence-corrected chi connectivity index (χ2v) is 5.55. The van der Waals surface area contributed by atoms with Gasteiger partial charge in [0.25, 0.3) is 5.91 Å². The highest BCUT2D eigenvalue weighted by atomic mass is 32.2. The summed E-state index contributed by atoms with van der Waals surface area (Å²) in [7, 11) is 1.59. The minimum Gasteiger partial charge on any atom is -0.497 e. The maximum Gasteiger partial charge on any atom is 0.325 e. The molecule has 1 unspecified atom stereocenters. The molecule has 1 aromatic carbocycles. The largest absolute Gasteiger partial charge is 0.497 e. The number of imide groups is 1. The Labute approximate surface area is 122 Å². The van der Waals surface area contributed by atoms with E-state index < -0.39 is 0 Å². The average Bonchev–Trinajstić information content (AvgIpc) is 2.73. The molecule has 0 spiro atoms. The van der Waals surface area contributed by atoms with Crippen LogP contribution in [-0.2, 0) is 11.3 Å². The van der Waals surface area contributed by atoms with E-state index >= 15 is 0 Å². The van der Waals surface area contributed by atoms with Crippen LogP contribution in [0, 0.1) is 0 Å². The molecular formula is C14H18N2O3S. The molecule has 108 valence electrons. The lowest BCUT2D eigenvalue weighted by Gasteiger charge is -2.13. The third-order valence-electron chi connectivity index (χ3n) is 3.19. The number of rotatable bonds is 6. The number of carbonyl (C=O) groups excluding carboxylic acids is 2. The molecule has 1 atom stereocenters. The first kappa shape index (κ1) is 14.7. The number of carbonyl (C=O) groups is 2. The van der Waals surface area contributed by atoms with Crippen LogP contribution in [0.5, 0.6) is 5.75 Å². The molecule has 2 rings (SSSR count). The van der Waals surface area contributed by atoms with Gasteiger partial charge in [0.15, 0.2) is 0 Å². The van der Waals surface area contributed by atoms with Gasteiger partial charge in [-0.3, -0.25) is 9.69 Å². The fraction of sp³-hybridized carbons (Fsp3) is 0.429. The van der Waals surface area contributed by atoms with Crippen molar-refractivity contribution in [3.63, 3.8) is 0 Å². The number of ether oxygens (including phenoxy) is 1. The van der Waals surface area contributed by atoms with E-state index in [2.05, 4.69) is 5.32 Å². The highest BCUT2D eigenvalue weighted by Crippen LogP contribution is 2.18. The lowest BCUT2D eigenvalue weighted by molar-refractivity contribution is -0.127. The van der Waals surface area contributed by atoms with Gasteiger partial charge < -0.3 is 10.1 Å². The Morgan fingerprint density at radius 1 is 1.40 bits per heavy atom. The van der Waals surface area contributed by atoms with Gasteiger partial charge in [0.2, 0.25) is 0 Å². The van der Waals surface area contributed by atoms with Crippen LogP contribution >= 0.6 is 11.8 Å². The molecule has 20 heavy (non-hydrogen) atoms. The van der Waals surface area contributed by atoms with Crippen LogP contribution in [0.3, 0.4) is 0 Å². The van der Waals surface area contributed by atoms with Gasteiger partial charge in [0, 0.05) is 0 Å². The fourth-order valence-corrected chi connectivity index (χ4v) is 2.58. The van der Waals surface area contributed by atoms with Crippen molar-refractivity contribution >= 4 is 23.7 Å². The molecule has 1 heterocycles. The number of methoxy groups -OCH3 is 1. The molecule has 1 saturated heterocycles. The van der Waals surface area contributed by atoms with E-state index in [-0.39, 0.29) is 24.5 Å². The molecule has 0 saturated carbocycles. The van der Waals surface area contributed by atoms with Gasteiger partial charge in [-0.05, 0) is 36.1 Å². The first-order valence-electron chi connectivity index (χ1n) is 6.39. The van der Waals surface area contributed by atoms with Gasteiger partial charge >= 0.3 is 6.03 Å². The minimum atomic E-state index is -0.388. The summed E-state index contributed by atoms with van der Waals surface area (Å²) in [6.07, 6.45) is 2.65. The molecule has 0 radical (unpaired) electrons. The van der Waals surface area contributed by atoms with Crippen LogP contribution in [-0.4, -0.2) is 42.0 Å². The lowest BCUT2D eigenvalue weighted by Crippen LogP contribution is -2.31. The maximum atomic E-state index is 12.2. The number of hydrogen-bond acceptors (Lipinski definition) is 4. The van der Waals surface area contributed by atoms with Crippen LogP contribution in [0.1, 0.15) is 12.0 Å². The lowest BCUT2D eigenvalue weighted by atomic mass is 10.2. The Morgan fingerprint density at radius 2 is 2.20 bits per heavy atom. The smallest absolute Gasteiger partial charge is 0.325 e. The molecule has 1 N–H and O–H groups in total. The summed E-state index contributed by atoms with van der Waals surface area (Å²) in [5.74, 6) is 1.42. The highest BCUT2D eigenvalue weighted by Gasteiger charge is 2.37. The molecule has 0 aliphatic carbocycles. The topological polar surface area (TPSA) is 58.6 Å². The normalized spacial score (nSPS) is 18.3. The van der Waals surface area contributed by atoms with E-state index in [1.165, 1.54) is 4.90 Å². The van der Waals surface area contributed by atoms with E-state index in [1.54, 1.807) is 18.9 Å². The van der Waals surface area contributed by atoms with Gasteiger partial charge in [-0.25, -0.2) is 4.79 Å². The van der Waals surface area contributed by atoms with Crippen molar-refractivity contribution in [1.29, 1.82) is 0 Å². The average molecular weight is 294 g/mol. The van der Waals surface area contributed by atoms with Gasteiger partial charge in [-0.15, -0.1) is 0 Å². The van der Waals surface area contributed by atoms with Crippen LogP contribution in [0.2, 0.25) is 0 Å². The summed E-state index contributed by atoms with van der Waals surface area (Å²) in [6, 6.07) is 6.67. The molecule has 3 amide bonds. The molecule has 1 aromatic rings. The molecule has 1 aliphatic heterocycles. The number of thioether (sulfide) groups is 1. The van der Waals surface area contributed by atoms with Gasteiger partial charge in [0.05, 0.1) is 13.7 Å². The second-order valence-electron chi connectivity index (χ2n) is 4.56. The summed E-state index contributed by atoms with van der Waals surface area (Å²) in [4.78, 5) is 25.3. The Morgan fingerprint density at radius 3 is 2.90 bits per heavy atom. The van der Waals surface area contributed by atoms with Crippen molar-refractivity contribution in [3.8, 4) is 5.75 Å². The summed E-state index contributed by atoms with van der Waals surface area (Å²) in [5, 5.41) is 2.73. The standard InChI is InChI=1S/C14H18N2O3S/c1-19-11-5-3-4-10(8-11)9-16-13(17)12(6-7-20-2)15-14(16)18/h3-5,8,12H,6-7,9H2,1-2H3,(H,15,18). The number of nitrogens with one attached hydrogen (secondary N) is 1. The van der Waals surface area contributed by atoms with Gasteiger partial charge in [-0.2, -0.15) is 11.8 Å². The van der Waals surface area contributed by atoms with Gasteiger partial charge in [-0.1, -0.05) is 12.1 Å². The predicted molar refractivity (Wildman–Crippen MR) is 78.9 cm³/mol. The van der Waals surface area contributed by atoms with Crippen LogP contribution in [0.4, 0.5) is 4.79 Å². The molecule has 1 aliphatic rings. The Bertz CT molecular complexity index is 507. The van der Waals surface area contributed by atoms with Crippen LogP contribution < -0.4 is 10.1 Å². The van der Waals surface area contributed by atoms with Crippen molar-refractivity contribution in [1.82, 2.24) is 10.2 Å². The molecule has 6 heteroatoms. The molecule has 1 fully saturated rings. The summed E-state index contributed by atoms with van der Waals surface area (Å²) < 4.78 is 5.14. The molecule has 0 aromatic heterocycles. The van der Waals surface area contributed by atoms with Crippen molar-refractivity contribution in [2.45, 2.75) is 19.0 Å². The first-order valence-corrected chi connectivity index (χ1v) is 7.79. The zero-order chi connectivity index (χ0) is 14.5. The first-order chi connectivity index (χ1) is 9.65. The Balaban J connectivity index is 2.05. The third kappa shape index (κ3) is 3.25. The number of amides is 3. The zero-order valence-corrected chi connectivity index (χ0v) is 12.4. The maximum absolute atomic E-state index is 12.2. The van der Waals surface area contributed by atoms with E-state index in [4.69, 9.17) is 4.74 Å². The highest BCUT2D eigenvalue weighted by molar-refractivity contribution is 7.98. The number of nitrogens with zero attached hydrogens (tertiary/aromatic N) is 1. The summed E-state index contributed by atoms with van der Waals surface area (Å²) >= 11 is 1.66. The van der Waals surface area contributed by atoms with Crippen molar-refractivity contribution in [3.05, 3.63) is 29.8 Å². The quantitative estimate of drug-likeness (QED) is 0.814. The number of benzene rings is 1. The van der Waals surface area contributed by atoms with E-state index in [0.29, 0.717) is 12.2 Å². The van der Waals surface area contributed by atoms with Crippen LogP contribution in [0.25, 0.3) is 0 Å². The Hall–Kier alpha value is -1.69. The molecular weight excluding hydrogens is 276 g/mol. The molecule has 0 bridgehead atoms. The van der Waals surface area contributed by atoms with Crippen LogP contribution in [0.15, 0.2) is 24.3 Å². The van der Waals surface area contributed by atoms with E-state index in [0.717, 1.165) is 11.3 Å². The molecule has 5 nitrogen and oxygen atoms in total. The minimum absolute atomic E-state index is 0.146.